The highest BCUT2D eigenvalue weighted by Gasteiger charge is 2.42. The Bertz CT molecular complexity index is 1270. The minimum absolute atomic E-state index is 0.0500. The van der Waals surface area contributed by atoms with E-state index in [-0.39, 0.29) is 41.8 Å². The van der Waals surface area contributed by atoms with Gasteiger partial charge in [-0.3, -0.25) is 24.0 Å². The predicted octanol–water partition coefficient (Wildman–Crippen LogP) is 3.69. The number of hydrogen-bond acceptors (Lipinski definition) is 5. The van der Waals surface area contributed by atoms with Gasteiger partial charge in [0.25, 0.3) is 0 Å². The van der Waals surface area contributed by atoms with Gasteiger partial charge in [-0.25, -0.2) is 0 Å². The van der Waals surface area contributed by atoms with Gasteiger partial charge in [0.15, 0.2) is 23.1 Å². The first kappa shape index (κ1) is 19.0. The molecule has 5 nitrogen and oxygen atoms in total. The average molecular weight is 422 g/mol. The van der Waals surface area contributed by atoms with Gasteiger partial charge >= 0.3 is 0 Å². The lowest BCUT2D eigenvalue weighted by Gasteiger charge is -2.22. The highest BCUT2D eigenvalue weighted by atomic mass is 16.1. The zero-order chi connectivity index (χ0) is 22.1. The second kappa shape index (κ2) is 6.63. The molecule has 0 saturated carbocycles. The fourth-order valence-electron chi connectivity index (χ4n) is 5.62. The number of ketones is 5. The van der Waals surface area contributed by atoms with Crippen molar-refractivity contribution >= 4 is 28.9 Å². The van der Waals surface area contributed by atoms with Crippen LogP contribution < -0.4 is 0 Å². The van der Waals surface area contributed by atoms with Crippen LogP contribution in [-0.2, 0) is 17.6 Å². The van der Waals surface area contributed by atoms with Crippen LogP contribution in [-0.4, -0.2) is 28.9 Å². The Balaban J connectivity index is 1.45. The van der Waals surface area contributed by atoms with Gasteiger partial charge in [-0.15, -0.1) is 0 Å². The molecule has 2 bridgehead atoms. The van der Waals surface area contributed by atoms with E-state index < -0.39 is 11.8 Å². The first-order chi connectivity index (χ1) is 15.4. The molecule has 4 aliphatic rings. The normalized spacial score (nSPS) is 23.8. The van der Waals surface area contributed by atoms with E-state index in [4.69, 9.17) is 0 Å². The van der Waals surface area contributed by atoms with E-state index in [1.54, 1.807) is 36.4 Å². The highest BCUT2D eigenvalue weighted by Crippen LogP contribution is 2.42. The molecule has 0 aromatic heterocycles. The van der Waals surface area contributed by atoms with Crippen LogP contribution in [0.15, 0.2) is 59.7 Å². The first-order valence-electron chi connectivity index (χ1n) is 10.8. The standard InChI is InChI=1S/C27H18O5/c28-23-5-6-24(29)20-10-14-8-16-12-22-21(11-15(25(16)30)7-13(14)9-19(20)23)26(31)17-3-1-2-4-18(17)27(22)32/h1-6,9-10,15-16H,7-8,11-12H2. The van der Waals surface area contributed by atoms with Crippen molar-refractivity contribution in [2.45, 2.75) is 25.7 Å². The van der Waals surface area contributed by atoms with E-state index in [0.717, 1.165) is 11.1 Å². The third-order valence-electron chi connectivity index (χ3n) is 7.22. The molecule has 0 saturated heterocycles. The largest absolute Gasteiger partial charge is 0.299 e. The zero-order valence-corrected chi connectivity index (χ0v) is 17.1. The molecule has 0 aliphatic heterocycles. The number of benzene rings is 2. The Labute approximate surface area is 183 Å². The molecule has 4 aliphatic carbocycles. The minimum atomic E-state index is -0.432. The van der Waals surface area contributed by atoms with Gasteiger partial charge in [-0.2, -0.15) is 0 Å². The summed E-state index contributed by atoms with van der Waals surface area (Å²) in [4.78, 5) is 64.5. The lowest BCUT2D eigenvalue weighted by Crippen LogP contribution is -2.23. The van der Waals surface area contributed by atoms with Crippen molar-refractivity contribution in [2.75, 3.05) is 0 Å². The molecule has 0 spiro atoms. The number of fused-ring (bicyclic) bond motifs is 5. The number of carbonyl (C=O) groups excluding carboxylic acids is 5. The predicted molar refractivity (Wildman–Crippen MR) is 115 cm³/mol. The molecular formula is C27H18O5. The third kappa shape index (κ3) is 2.60. The quantitative estimate of drug-likeness (QED) is 0.646. The maximum atomic E-state index is 13.4. The number of hydrogen-bond donors (Lipinski definition) is 0. The maximum absolute atomic E-state index is 13.4. The number of rotatable bonds is 0. The van der Waals surface area contributed by atoms with Gasteiger partial charge in [0.05, 0.1) is 0 Å². The molecule has 2 unspecified atom stereocenters. The van der Waals surface area contributed by atoms with Crippen LogP contribution in [0.25, 0.3) is 0 Å². The summed E-state index contributed by atoms with van der Waals surface area (Å²) in [6, 6.07) is 10.3. The Kier molecular flexibility index (Phi) is 3.94. The summed E-state index contributed by atoms with van der Waals surface area (Å²) in [7, 11) is 0. The summed E-state index contributed by atoms with van der Waals surface area (Å²) in [5, 5.41) is 0. The van der Waals surface area contributed by atoms with Crippen molar-refractivity contribution in [1.82, 2.24) is 0 Å². The summed E-state index contributed by atoms with van der Waals surface area (Å²) < 4.78 is 0. The first-order valence-corrected chi connectivity index (χ1v) is 10.8. The van der Waals surface area contributed by atoms with Gasteiger partial charge in [-0.1, -0.05) is 24.3 Å². The molecular weight excluding hydrogens is 404 g/mol. The molecule has 0 amide bonds. The van der Waals surface area contributed by atoms with Crippen molar-refractivity contribution in [3.8, 4) is 0 Å². The smallest absolute Gasteiger partial charge is 0.190 e. The highest BCUT2D eigenvalue weighted by molar-refractivity contribution is 6.27. The van der Waals surface area contributed by atoms with Crippen molar-refractivity contribution in [2.24, 2.45) is 11.8 Å². The molecule has 156 valence electrons. The Morgan fingerprint density at radius 2 is 1.00 bits per heavy atom. The number of allylic oxidation sites excluding steroid dienone is 4. The third-order valence-corrected chi connectivity index (χ3v) is 7.22. The summed E-state index contributed by atoms with van der Waals surface area (Å²) in [6.45, 7) is 0. The second-order valence-electron chi connectivity index (χ2n) is 9.00. The SMILES string of the molecule is O=C1C=CC(=O)c2cc3c(cc21)CC1CC2=C(CC(C3)C1=O)C(=O)c1ccccc1C2=O. The molecule has 0 heterocycles. The molecule has 0 fully saturated rings. The summed E-state index contributed by atoms with van der Waals surface area (Å²) >= 11 is 0. The van der Waals surface area contributed by atoms with Crippen molar-refractivity contribution in [3.05, 3.63) is 93.1 Å². The van der Waals surface area contributed by atoms with E-state index in [1.807, 2.05) is 0 Å². The summed E-state index contributed by atoms with van der Waals surface area (Å²) in [5.74, 6) is -1.57. The molecule has 0 radical (unpaired) electrons. The van der Waals surface area contributed by atoms with Crippen LogP contribution in [0, 0.1) is 11.8 Å². The van der Waals surface area contributed by atoms with Crippen LogP contribution in [0.5, 0.6) is 0 Å². The fourth-order valence-corrected chi connectivity index (χ4v) is 5.62. The molecule has 0 N–H and O–H groups in total. The van der Waals surface area contributed by atoms with Crippen LogP contribution in [0.4, 0.5) is 0 Å². The molecule has 6 rings (SSSR count). The van der Waals surface area contributed by atoms with Gasteiger partial charge in [-0.05, 0) is 61.1 Å². The van der Waals surface area contributed by atoms with Gasteiger partial charge < -0.3 is 0 Å². The van der Waals surface area contributed by atoms with Crippen LogP contribution in [0.1, 0.15) is 65.4 Å². The molecule has 32 heavy (non-hydrogen) atoms. The monoisotopic (exact) mass is 422 g/mol. The number of Topliss-reactive ketones (excluding diaryl/α,β-unsaturated/α-hetero) is 3. The Hall–Kier alpha value is -3.73. The number of carbonyl (C=O) groups is 5. The van der Waals surface area contributed by atoms with E-state index in [2.05, 4.69) is 0 Å². The second-order valence-corrected chi connectivity index (χ2v) is 9.00. The van der Waals surface area contributed by atoms with Crippen molar-refractivity contribution in [3.63, 3.8) is 0 Å². The zero-order valence-electron chi connectivity index (χ0n) is 17.1. The Morgan fingerprint density at radius 1 is 0.562 bits per heavy atom. The molecule has 2 atom stereocenters. The molecule has 5 heteroatoms. The Morgan fingerprint density at radius 3 is 1.44 bits per heavy atom. The topological polar surface area (TPSA) is 85.3 Å². The summed E-state index contributed by atoms with van der Waals surface area (Å²) in [5.41, 5.74) is 4.23. The lowest BCUT2D eigenvalue weighted by molar-refractivity contribution is -0.126. The van der Waals surface area contributed by atoms with Gasteiger partial charge in [0.1, 0.15) is 5.78 Å². The van der Waals surface area contributed by atoms with E-state index in [1.165, 1.54) is 12.2 Å². The van der Waals surface area contributed by atoms with Crippen molar-refractivity contribution < 1.29 is 24.0 Å². The van der Waals surface area contributed by atoms with Crippen LogP contribution in [0.2, 0.25) is 0 Å². The van der Waals surface area contributed by atoms with E-state index in [0.29, 0.717) is 46.2 Å². The summed E-state index contributed by atoms with van der Waals surface area (Å²) in [6.07, 6.45) is 3.80. The van der Waals surface area contributed by atoms with Crippen LogP contribution >= 0.6 is 0 Å². The van der Waals surface area contributed by atoms with E-state index >= 15 is 0 Å². The van der Waals surface area contributed by atoms with Gasteiger partial charge in [0.2, 0.25) is 0 Å². The van der Waals surface area contributed by atoms with E-state index in [9.17, 15) is 24.0 Å². The average Bonchev–Trinajstić information content (AvgIpc) is 3.01. The van der Waals surface area contributed by atoms with Crippen molar-refractivity contribution in [1.29, 1.82) is 0 Å². The minimum Gasteiger partial charge on any atom is -0.299 e. The maximum Gasteiger partial charge on any atom is 0.190 e. The molecule has 2 aromatic carbocycles. The fraction of sp³-hybridized carbons (Fsp3) is 0.222. The van der Waals surface area contributed by atoms with Crippen LogP contribution in [0.3, 0.4) is 0 Å². The molecule has 2 aromatic rings. The van der Waals surface area contributed by atoms with Gasteiger partial charge in [0, 0.05) is 45.2 Å². The lowest BCUT2D eigenvalue weighted by atomic mass is 9.78.